The van der Waals surface area contributed by atoms with E-state index < -0.39 is 13.5 Å². The molecule has 1 unspecified atom stereocenters. The van der Waals surface area contributed by atoms with E-state index in [-0.39, 0.29) is 47.6 Å². The van der Waals surface area contributed by atoms with E-state index in [1.807, 2.05) is 0 Å². The number of fused-ring (bicyclic) bond motifs is 2. The van der Waals surface area contributed by atoms with Crippen molar-refractivity contribution in [2.45, 2.75) is 20.0 Å². The largest absolute Gasteiger partial charge is 0.505 e. The number of benzene rings is 2. The van der Waals surface area contributed by atoms with E-state index in [4.69, 9.17) is 9.05 Å². The van der Waals surface area contributed by atoms with E-state index >= 15 is 0 Å². The molecule has 3 aromatic rings. The summed E-state index contributed by atoms with van der Waals surface area (Å²) in [6, 6.07) is 9.12. The van der Waals surface area contributed by atoms with Crippen LogP contribution in [0.5, 0.6) is 5.75 Å². The average Bonchev–Trinajstić information content (AvgIpc) is 3.06. The van der Waals surface area contributed by atoms with E-state index in [0.717, 1.165) is 5.56 Å². The van der Waals surface area contributed by atoms with Crippen molar-refractivity contribution in [2.24, 2.45) is 0 Å². The molecule has 0 saturated heterocycles. The van der Waals surface area contributed by atoms with Crippen LogP contribution in [0.25, 0.3) is 10.9 Å². The first-order valence-electron chi connectivity index (χ1n) is 9.36. The monoisotopic (exact) mass is 430 g/mol. The first-order chi connectivity index (χ1) is 14.4. The molecule has 0 spiro atoms. The van der Waals surface area contributed by atoms with Crippen LogP contribution in [-0.2, 0) is 26.7 Å². The number of carbonyl (C=O) groups excluding carboxylic acids is 1. The Hall–Kier alpha value is -2.80. The fourth-order valence-corrected chi connectivity index (χ4v) is 5.51. The van der Waals surface area contributed by atoms with Crippen LogP contribution in [-0.4, -0.2) is 34.6 Å². The van der Waals surface area contributed by atoms with Gasteiger partial charge >= 0.3 is 7.60 Å². The second kappa shape index (κ2) is 7.80. The number of rotatable bonds is 6. The summed E-state index contributed by atoms with van der Waals surface area (Å²) >= 11 is 0. The zero-order valence-electron chi connectivity index (χ0n) is 16.5. The Morgan fingerprint density at radius 3 is 2.67 bits per heavy atom. The van der Waals surface area contributed by atoms with Crippen LogP contribution < -0.4 is 5.30 Å². The molecule has 9 heteroatoms. The highest BCUT2D eigenvalue weighted by Gasteiger charge is 2.41. The van der Waals surface area contributed by atoms with Crippen molar-refractivity contribution in [3.63, 3.8) is 0 Å². The molecule has 2 aromatic carbocycles. The van der Waals surface area contributed by atoms with Crippen LogP contribution in [0.3, 0.4) is 0 Å². The molecule has 4 rings (SSSR count). The third-order valence-electron chi connectivity index (χ3n) is 5.06. The van der Waals surface area contributed by atoms with Gasteiger partial charge in [0.15, 0.2) is 5.75 Å². The van der Waals surface area contributed by atoms with Crippen LogP contribution in [0.2, 0.25) is 0 Å². The minimum absolute atomic E-state index is 0.0373. The second-order valence-electron chi connectivity index (χ2n) is 6.84. The predicted octanol–water partition coefficient (Wildman–Crippen LogP) is 3.74. The fourth-order valence-electron chi connectivity index (χ4n) is 3.76. The second-order valence-corrected chi connectivity index (χ2v) is 8.90. The van der Waals surface area contributed by atoms with E-state index in [1.54, 1.807) is 31.2 Å². The van der Waals surface area contributed by atoms with Gasteiger partial charge < -0.3 is 19.1 Å². The third-order valence-corrected chi connectivity index (χ3v) is 7.20. The summed E-state index contributed by atoms with van der Waals surface area (Å²) in [4.78, 5) is 18.8. The summed E-state index contributed by atoms with van der Waals surface area (Å²) in [5.74, 6) is -1.07. The van der Waals surface area contributed by atoms with Crippen molar-refractivity contribution in [3.8, 4) is 5.75 Å². The highest BCUT2D eigenvalue weighted by Crippen LogP contribution is 2.51. The highest BCUT2D eigenvalue weighted by molar-refractivity contribution is 7.62. The minimum Gasteiger partial charge on any atom is -0.505 e. The number of hydrogen-bond donors (Lipinski definition) is 1. The van der Waals surface area contributed by atoms with Gasteiger partial charge in [-0.3, -0.25) is 14.3 Å². The molecule has 30 heavy (non-hydrogen) atoms. The van der Waals surface area contributed by atoms with Crippen molar-refractivity contribution in [2.75, 3.05) is 13.7 Å². The van der Waals surface area contributed by atoms with Gasteiger partial charge in [-0.2, -0.15) is 0 Å². The summed E-state index contributed by atoms with van der Waals surface area (Å²) in [5, 5.41) is 11.5. The highest BCUT2D eigenvalue weighted by atomic mass is 31.2. The van der Waals surface area contributed by atoms with Gasteiger partial charge in [-0.05, 0) is 30.7 Å². The summed E-state index contributed by atoms with van der Waals surface area (Å²) in [6.45, 7) is 2.12. The first-order valence-corrected chi connectivity index (χ1v) is 10.9. The van der Waals surface area contributed by atoms with Crippen molar-refractivity contribution in [3.05, 3.63) is 65.1 Å². The van der Waals surface area contributed by atoms with E-state index in [9.17, 15) is 18.9 Å². The van der Waals surface area contributed by atoms with Crippen LogP contribution >= 0.6 is 7.60 Å². The average molecular weight is 430 g/mol. The molecule has 1 amide bonds. The Bertz CT molecular complexity index is 1180. The maximum atomic E-state index is 13.6. The quantitative estimate of drug-likeness (QED) is 0.600. The normalized spacial score (nSPS) is 15.4. The van der Waals surface area contributed by atoms with Gasteiger partial charge in [0.25, 0.3) is 5.91 Å². The van der Waals surface area contributed by atoms with Crippen molar-refractivity contribution >= 4 is 29.7 Å². The molecule has 156 valence electrons. The van der Waals surface area contributed by atoms with Crippen LogP contribution in [0.1, 0.15) is 28.4 Å². The van der Waals surface area contributed by atoms with Gasteiger partial charge in [-0.15, -0.1) is 0 Å². The smallest absolute Gasteiger partial charge is 0.362 e. The number of halogens is 1. The molecule has 1 N–H and O–H groups in total. The molecule has 1 atom stereocenters. The summed E-state index contributed by atoms with van der Waals surface area (Å²) in [7, 11) is -2.50. The lowest BCUT2D eigenvalue weighted by molar-refractivity contribution is 0.0764. The van der Waals surface area contributed by atoms with Gasteiger partial charge in [0.05, 0.1) is 17.5 Å². The Labute approximate surface area is 172 Å². The summed E-state index contributed by atoms with van der Waals surface area (Å²) in [6.07, 6.45) is 1.48. The molecule has 2 heterocycles. The minimum atomic E-state index is -3.78. The Balaban J connectivity index is 1.89. The topological polar surface area (TPSA) is 89.0 Å². The Morgan fingerprint density at radius 1 is 1.27 bits per heavy atom. The number of phenols is 1. The standard InChI is InChI=1S/C21H20FN2O5P/c1-3-29-30(27,28-2)20-15-5-4-10-23-18(15)19(25)17-16(20)12-24(21(17)26)11-13-6-8-14(22)9-7-13/h4-10,25H,3,11-12H2,1-2H3. The Kier molecular flexibility index (Phi) is 5.32. The molecule has 1 aromatic heterocycles. The van der Waals surface area contributed by atoms with Gasteiger partial charge in [0.1, 0.15) is 11.3 Å². The number of hydrogen-bond acceptors (Lipinski definition) is 6. The van der Waals surface area contributed by atoms with Crippen molar-refractivity contribution in [1.29, 1.82) is 0 Å². The maximum Gasteiger partial charge on any atom is 0.362 e. The number of nitrogens with zero attached hydrogens (tertiary/aromatic N) is 2. The van der Waals surface area contributed by atoms with Gasteiger partial charge in [0.2, 0.25) is 0 Å². The number of aromatic hydroxyl groups is 1. The molecule has 0 aliphatic carbocycles. The van der Waals surface area contributed by atoms with E-state index in [1.165, 1.54) is 30.3 Å². The van der Waals surface area contributed by atoms with Crippen LogP contribution in [0, 0.1) is 5.82 Å². The predicted molar refractivity (Wildman–Crippen MR) is 109 cm³/mol. The molecular weight excluding hydrogens is 410 g/mol. The lowest BCUT2D eigenvalue weighted by Gasteiger charge is -2.21. The van der Waals surface area contributed by atoms with E-state index in [0.29, 0.717) is 10.9 Å². The number of phenolic OH excluding ortho intramolecular Hbond substituents is 1. The van der Waals surface area contributed by atoms with Gasteiger partial charge in [-0.25, -0.2) is 4.39 Å². The molecular formula is C21H20FN2O5P. The number of aromatic nitrogens is 1. The lowest BCUT2D eigenvalue weighted by atomic mass is 10.0. The summed E-state index contributed by atoms with van der Waals surface area (Å²) in [5.41, 5.74) is 1.30. The molecule has 1 aliphatic heterocycles. The van der Waals surface area contributed by atoms with E-state index in [2.05, 4.69) is 4.98 Å². The zero-order valence-corrected chi connectivity index (χ0v) is 17.4. The molecule has 1 aliphatic rings. The summed E-state index contributed by atoms with van der Waals surface area (Å²) < 4.78 is 37.6. The van der Waals surface area contributed by atoms with Crippen molar-refractivity contribution < 1.29 is 27.9 Å². The maximum absolute atomic E-state index is 13.6. The van der Waals surface area contributed by atoms with Crippen LogP contribution in [0.4, 0.5) is 4.39 Å². The van der Waals surface area contributed by atoms with Gasteiger partial charge in [-0.1, -0.05) is 18.2 Å². The van der Waals surface area contributed by atoms with Crippen molar-refractivity contribution in [1.82, 2.24) is 9.88 Å². The van der Waals surface area contributed by atoms with Gasteiger partial charge in [0, 0.05) is 37.3 Å². The molecule has 0 radical (unpaired) electrons. The molecule has 0 bridgehead atoms. The number of pyridine rings is 1. The number of carbonyl (C=O) groups is 1. The zero-order chi connectivity index (χ0) is 21.5. The first kappa shape index (κ1) is 20.5. The molecule has 7 nitrogen and oxygen atoms in total. The Morgan fingerprint density at radius 2 is 2.00 bits per heavy atom. The lowest BCUT2D eigenvalue weighted by Crippen LogP contribution is -2.23. The van der Waals surface area contributed by atoms with Crippen LogP contribution in [0.15, 0.2) is 42.6 Å². The molecule has 0 fully saturated rings. The third kappa shape index (κ3) is 3.27. The molecule has 0 saturated carbocycles. The number of amides is 1. The fraction of sp³-hybridized carbons (Fsp3) is 0.238. The SMILES string of the molecule is CCOP(=O)(OC)c1c2c(c(O)c3ncccc13)C(=O)N(Cc1ccc(F)cc1)C2.